The molecule has 0 bridgehead atoms. The van der Waals surface area contributed by atoms with Gasteiger partial charge in [0.05, 0.1) is 17.0 Å². The lowest BCUT2D eigenvalue weighted by Gasteiger charge is -2.25. The summed E-state index contributed by atoms with van der Waals surface area (Å²) in [5, 5.41) is 20.3. The van der Waals surface area contributed by atoms with Gasteiger partial charge in [-0.25, -0.2) is 4.79 Å². The molecule has 1 aromatic rings. The number of aliphatic imine (C=N–C) groups is 1. The molecule has 23 heavy (non-hydrogen) atoms. The van der Waals surface area contributed by atoms with E-state index in [2.05, 4.69) is 4.99 Å². The van der Waals surface area contributed by atoms with Gasteiger partial charge in [-0.05, 0) is 31.4 Å². The molecule has 8 nitrogen and oxygen atoms in total. The number of carbonyl (C=O) groups excluding carboxylic acids is 1. The van der Waals surface area contributed by atoms with Crippen LogP contribution in [0.3, 0.4) is 0 Å². The van der Waals surface area contributed by atoms with E-state index in [1.807, 2.05) is 0 Å². The maximum Gasteiger partial charge on any atom is 0.409 e. The van der Waals surface area contributed by atoms with Crippen molar-refractivity contribution >= 4 is 18.0 Å². The maximum atomic E-state index is 11.7. The number of hydrogen-bond donors (Lipinski definition) is 1. The zero-order chi connectivity index (χ0) is 16.7. The van der Waals surface area contributed by atoms with Crippen molar-refractivity contribution in [2.45, 2.75) is 19.3 Å². The number of likely N-dealkylation sites (tertiary alicyclic amines) is 1. The predicted octanol–water partition coefficient (Wildman–Crippen LogP) is 2.34. The highest BCUT2D eigenvalue weighted by atomic mass is 16.6. The summed E-state index contributed by atoms with van der Waals surface area (Å²) in [6.45, 7) is 1.75. The SMILES string of the molecule is O=C(OCCN=Cc1cc(O)ccc1[N+](=O)[O-])N1CCCCC1. The number of nitrogens with zero attached hydrogens (tertiary/aromatic N) is 3. The Kier molecular flexibility index (Phi) is 5.90. The van der Waals surface area contributed by atoms with E-state index in [-0.39, 0.29) is 36.2 Å². The number of hydrogen-bond acceptors (Lipinski definition) is 6. The van der Waals surface area contributed by atoms with Gasteiger partial charge in [-0.2, -0.15) is 0 Å². The Morgan fingerprint density at radius 1 is 1.39 bits per heavy atom. The minimum atomic E-state index is -0.544. The molecule has 0 aromatic heterocycles. The Labute approximate surface area is 133 Å². The highest BCUT2D eigenvalue weighted by Gasteiger charge is 2.17. The third kappa shape index (κ3) is 4.94. The summed E-state index contributed by atoms with van der Waals surface area (Å²) < 4.78 is 5.11. The van der Waals surface area contributed by atoms with Crippen molar-refractivity contribution in [2.75, 3.05) is 26.2 Å². The van der Waals surface area contributed by atoms with Crippen LogP contribution in [0.4, 0.5) is 10.5 Å². The van der Waals surface area contributed by atoms with Crippen LogP contribution in [-0.2, 0) is 4.74 Å². The molecule has 0 saturated carbocycles. The van der Waals surface area contributed by atoms with Crippen molar-refractivity contribution in [3.05, 3.63) is 33.9 Å². The molecule has 0 unspecified atom stereocenters. The average molecular weight is 321 g/mol. The Hall–Kier alpha value is -2.64. The van der Waals surface area contributed by atoms with E-state index in [1.54, 1.807) is 4.90 Å². The molecule has 2 rings (SSSR count). The van der Waals surface area contributed by atoms with Crippen molar-refractivity contribution in [1.29, 1.82) is 0 Å². The zero-order valence-electron chi connectivity index (χ0n) is 12.7. The fraction of sp³-hybridized carbons (Fsp3) is 0.467. The molecule has 1 aliphatic rings. The molecule has 0 radical (unpaired) electrons. The second kappa shape index (κ2) is 8.11. The summed E-state index contributed by atoms with van der Waals surface area (Å²) in [4.78, 5) is 27.8. The van der Waals surface area contributed by atoms with Crippen molar-refractivity contribution in [2.24, 2.45) is 4.99 Å². The number of nitro benzene ring substituents is 1. The molecular weight excluding hydrogens is 302 g/mol. The lowest BCUT2D eigenvalue weighted by molar-refractivity contribution is -0.385. The number of piperidine rings is 1. The van der Waals surface area contributed by atoms with E-state index >= 15 is 0 Å². The Bertz CT molecular complexity index is 597. The molecule has 1 fully saturated rings. The summed E-state index contributed by atoms with van der Waals surface area (Å²) in [6.07, 6.45) is 4.08. The Balaban J connectivity index is 1.82. The number of amides is 1. The molecule has 1 N–H and O–H groups in total. The smallest absolute Gasteiger partial charge is 0.409 e. The van der Waals surface area contributed by atoms with Gasteiger partial charge >= 0.3 is 6.09 Å². The predicted molar refractivity (Wildman–Crippen MR) is 84.0 cm³/mol. The van der Waals surface area contributed by atoms with Gasteiger partial charge in [0.1, 0.15) is 12.4 Å². The van der Waals surface area contributed by atoms with Gasteiger partial charge in [-0.3, -0.25) is 15.1 Å². The molecule has 124 valence electrons. The average Bonchev–Trinajstić information content (AvgIpc) is 2.55. The Morgan fingerprint density at radius 3 is 2.83 bits per heavy atom. The summed E-state index contributed by atoms with van der Waals surface area (Å²) in [7, 11) is 0. The van der Waals surface area contributed by atoms with Crippen LogP contribution in [0, 0.1) is 10.1 Å². The maximum absolute atomic E-state index is 11.7. The highest BCUT2D eigenvalue weighted by molar-refractivity contribution is 5.86. The van der Waals surface area contributed by atoms with E-state index in [0.29, 0.717) is 0 Å². The van der Waals surface area contributed by atoms with Gasteiger partial charge < -0.3 is 14.7 Å². The monoisotopic (exact) mass is 321 g/mol. The summed E-state index contributed by atoms with van der Waals surface area (Å²) in [5.74, 6) is -0.0754. The van der Waals surface area contributed by atoms with Crippen LogP contribution in [0.1, 0.15) is 24.8 Å². The summed E-state index contributed by atoms with van der Waals surface area (Å²) >= 11 is 0. The first-order chi connectivity index (χ1) is 11.1. The topological polar surface area (TPSA) is 105 Å². The highest BCUT2D eigenvalue weighted by Crippen LogP contribution is 2.21. The van der Waals surface area contributed by atoms with Crippen molar-refractivity contribution in [1.82, 2.24) is 4.90 Å². The molecule has 0 spiro atoms. The second-order valence-corrected chi connectivity index (χ2v) is 5.20. The van der Waals surface area contributed by atoms with Crippen LogP contribution in [0.15, 0.2) is 23.2 Å². The number of phenolic OH excluding ortho intramolecular Hbond substituents is 1. The van der Waals surface area contributed by atoms with Gasteiger partial charge in [0.25, 0.3) is 5.69 Å². The molecule has 1 aromatic carbocycles. The lowest BCUT2D eigenvalue weighted by Crippen LogP contribution is -2.36. The van der Waals surface area contributed by atoms with Gasteiger partial charge in [-0.1, -0.05) is 0 Å². The number of nitro groups is 1. The number of carbonyl (C=O) groups is 1. The van der Waals surface area contributed by atoms with Crippen LogP contribution in [0.2, 0.25) is 0 Å². The van der Waals surface area contributed by atoms with Gasteiger partial charge in [0.2, 0.25) is 0 Å². The number of aromatic hydroxyl groups is 1. The first kappa shape index (κ1) is 16.7. The van der Waals surface area contributed by atoms with Crippen LogP contribution in [-0.4, -0.2) is 53.5 Å². The Morgan fingerprint density at radius 2 is 2.13 bits per heavy atom. The summed E-state index contributed by atoms with van der Waals surface area (Å²) in [6, 6.07) is 3.73. The van der Waals surface area contributed by atoms with Crippen molar-refractivity contribution in [3.63, 3.8) is 0 Å². The standard InChI is InChI=1S/C15H19N3O5/c19-13-4-5-14(18(21)22)12(10-13)11-16-6-9-23-15(20)17-7-2-1-3-8-17/h4-5,10-11,19H,1-3,6-9H2. The largest absolute Gasteiger partial charge is 0.508 e. The number of benzene rings is 1. The number of ether oxygens (including phenoxy) is 1. The first-order valence-corrected chi connectivity index (χ1v) is 7.47. The van der Waals surface area contributed by atoms with E-state index < -0.39 is 4.92 Å². The minimum Gasteiger partial charge on any atom is -0.508 e. The van der Waals surface area contributed by atoms with E-state index in [1.165, 1.54) is 24.4 Å². The quantitative estimate of drug-likeness (QED) is 0.388. The molecule has 1 amide bonds. The zero-order valence-corrected chi connectivity index (χ0v) is 12.7. The first-order valence-electron chi connectivity index (χ1n) is 7.47. The van der Waals surface area contributed by atoms with Crippen LogP contribution in [0.25, 0.3) is 0 Å². The molecule has 0 aliphatic carbocycles. The fourth-order valence-electron chi connectivity index (χ4n) is 2.33. The molecule has 1 saturated heterocycles. The van der Waals surface area contributed by atoms with E-state index in [0.717, 1.165) is 32.4 Å². The van der Waals surface area contributed by atoms with Gasteiger partial charge in [0, 0.05) is 25.4 Å². The third-order valence-corrected chi connectivity index (χ3v) is 3.50. The van der Waals surface area contributed by atoms with Gasteiger partial charge in [0.15, 0.2) is 0 Å². The minimum absolute atomic E-state index is 0.0754. The fourth-order valence-corrected chi connectivity index (χ4v) is 2.33. The molecular formula is C15H19N3O5. The third-order valence-electron chi connectivity index (χ3n) is 3.50. The van der Waals surface area contributed by atoms with Crippen LogP contribution in [0.5, 0.6) is 5.75 Å². The van der Waals surface area contributed by atoms with Crippen molar-refractivity contribution in [3.8, 4) is 5.75 Å². The van der Waals surface area contributed by atoms with Gasteiger partial charge in [-0.15, -0.1) is 0 Å². The molecule has 1 aliphatic heterocycles. The van der Waals surface area contributed by atoms with E-state index in [9.17, 15) is 20.0 Å². The van der Waals surface area contributed by atoms with Crippen LogP contribution >= 0.6 is 0 Å². The normalized spacial score (nSPS) is 14.9. The van der Waals surface area contributed by atoms with Crippen LogP contribution < -0.4 is 0 Å². The van der Waals surface area contributed by atoms with Crippen molar-refractivity contribution < 1.29 is 19.6 Å². The summed E-state index contributed by atoms with van der Waals surface area (Å²) in [5.41, 5.74) is 0.0641. The molecule has 0 atom stereocenters. The molecule has 8 heteroatoms. The number of phenols is 1. The number of rotatable bonds is 5. The molecule has 1 heterocycles. The second-order valence-electron chi connectivity index (χ2n) is 5.20. The lowest BCUT2D eigenvalue weighted by atomic mass is 10.1. The van der Waals surface area contributed by atoms with E-state index in [4.69, 9.17) is 4.74 Å².